The first kappa shape index (κ1) is 16.5. The van der Waals surface area contributed by atoms with Gasteiger partial charge in [-0.05, 0) is 36.5 Å². The lowest BCUT2D eigenvalue weighted by Gasteiger charge is -2.29. The average molecular weight is 354 g/mol. The largest absolute Gasteiger partial charge is 0.388 e. The molecule has 0 saturated heterocycles. The average Bonchev–Trinajstić information content (AvgIpc) is 2.85. The third-order valence-electron chi connectivity index (χ3n) is 4.41. The fourth-order valence-electron chi connectivity index (χ4n) is 3.05. The lowest BCUT2D eigenvalue weighted by molar-refractivity contribution is -0.133. The lowest BCUT2D eigenvalue weighted by Crippen LogP contribution is -2.42. The van der Waals surface area contributed by atoms with E-state index < -0.39 is 5.60 Å². The first-order valence-corrected chi connectivity index (χ1v) is 8.41. The zero-order chi connectivity index (χ0) is 15.5. The summed E-state index contributed by atoms with van der Waals surface area (Å²) in [5.41, 5.74) is 0.505. The smallest absolute Gasteiger partial charge is 0.223 e. The third-order valence-corrected chi connectivity index (χ3v) is 4.94. The molecule has 1 aromatic carbocycles. The molecule has 1 saturated carbocycles. The van der Waals surface area contributed by atoms with Gasteiger partial charge in [0.2, 0.25) is 5.91 Å². The van der Waals surface area contributed by atoms with Crippen LogP contribution in [0.3, 0.4) is 0 Å². The summed E-state index contributed by atoms with van der Waals surface area (Å²) in [4.78, 5) is 14.0. The van der Waals surface area contributed by atoms with Crippen molar-refractivity contribution in [2.45, 2.75) is 50.5 Å². The van der Waals surface area contributed by atoms with Gasteiger partial charge in [-0.25, -0.2) is 0 Å². The molecule has 21 heavy (non-hydrogen) atoms. The zero-order valence-electron chi connectivity index (χ0n) is 12.8. The summed E-state index contributed by atoms with van der Waals surface area (Å²) in [5.74, 6) is 0.289. The number of nitrogens with zero attached hydrogens (tertiary/aromatic N) is 1. The molecular weight excluding hydrogens is 330 g/mol. The second-order valence-corrected chi connectivity index (χ2v) is 7.25. The van der Waals surface area contributed by atoms with Crippen molar-refractivity contribution in [2.24, 2.45) is 0 Å². The summed E-state index contributed by atoms with van der Waals surface area (Å²) in [7, 11) is 1.80. The molecule has 1 aliphatic rings. The molecule has 0 heterocycles. The molecule has 2 rings (SSSR count). The molecule has 0 radical (unpaired) electrons. The third kappa shape index (κ3) is 4.55. The number of hydrogen-bond acceptors (Lipinski definition) is 2. The van der Waals surface area contributed by atoms with E-state index >= 15 is 0 Å². The topological polar surface area (TPSA) is 40.5 Å². The first-order valence-electron chi connectivity index (χ1n) is 7.61. The van der Waals surface area contributed by atoms with Crippen LogP contribution in [0.1, 0.15) is 50.5 Å². The first-order chi connectivity index (χ1) is 9.89. The summed E-state index contributed by atoms with van der Waals surface area (Å²) in [6, 6.07) is 8.10. The molecule has 0 bridgehead atoms. The van der Waals surface area contributed by atoms with E-state index in [0.717, 1.165) is 30.2 Å². The van der Waals surface area contributed by atoms with E-state index in [4.69, 9.17) is 0 Å². The molecule has 0 aliphatic heterocycles. The van der Waals surface area contributed by atoms with E-state index in [1.165, 1.54) is 5.56 Å². The van der Waals surface area contributed by atoms with E-state index in [-0.39, 0.29) is 11.8 Å². The Kier molecular flexibility index (Phi) is 5.44. The molecule has 1 atom stereocenters. The predicted molar refractivity (Wildman–Crippen MR) is 88.2 cm³/mol. The maximum Gasteiger partial charge on any atom is 0.223 e. The standard InChI is InChI=1S/C17H24BrNO2/c1-13(14-5-7-15(18)8-6-14)11-16(20)19(2)12-17(21)9-3-4-10-17/h5-8,13,21H,3-4,9-12H2,1-2H3. The van der Waals surface area contributed by atoms with Gasteiger partial charge in [0.1, 0.15) is 0 Å². The van der Waals surface area contributed by atoms with E-state index in [0.29, 0.717) is 13.0 Å². The molecule has 1 unspecified atom stereocenters. The van der Waals surface area contributed by atoms with E-state index in [2.05, 4.69) is 22.9 Å². The maximum absolute atomic E-state index is 12.3. The van der Waals surface area contributed by atoms with Gasteiger partial charge in [-0.2, -0.15) is 0 Å². The second kappa shape index (κ2) is 6.93. The van der Waals surface area contributed by atoms with Gasteiger partial charge in [-0.1, -0.05) is 47.8 Å². The highest BCUT2D eigenvalue weighted by Gasteiger charge is 2.33. The highest BCUT2D eigenvalue weighted by molar-refractivity contribution is 9.10. The fraction of sp³-hybridized carbons (Fsp3) is 0.588. The minimum atomic E-state index is -0.661. The summed E-state index contributed by atoms with van der Waals surface area (Å²) in [6.45, 7) is 2.53. The summed E-state index contributed by atoms with van der Waals surface area (Å²) in [6.07, 6.45) is 4.23. The van der Waals surface area contributed by atoms with Crippen LogP contribution in [0, 0.1) is 0 Å². The van der Waals surface area contributed by atoms with Gasteiger partial charge in [-0.15, -0.1) is 0 Å². The Labute approximate surface area is 135 Å². The molecule has 1 fully saturated rings. The molecule has 1 aliphatic carbocycles. The van der Waals surface area contributed by atoms with E-state index in [1.807, 2.05) is 24.3 Å². The van der Waals surface area contributed by atoms with Crippen LogP contribution in [0.25, 0.3) is 0 Å². The number of benzene rings is 1. The van der Waals surface area contributed by atoms with Crippen LogP contribution in [0.4, 0.5) is 0 Å². The fourth-order valence-corrected chi connectivity index (χ4v) is 3.31. The van der Waals surface area contributed by atoms with E-state index in [9.17, 15) is 9.90 Å². The number of amides is 1. The molecular formula is C17H24BrNO2. The Morgan fingerprint density at radius 3 is 2.48 bits per heavy atom. The molecule has 3 nitrogen and oxygen atoms in total. The van der Waals surface area contributed by atoms with Crippen LogP contribution >= 0.6 is 15.9 Å². The molecule has 1 N–H and O–H groups in total. The number of carbonyl (C=O) groups is 1. The highest BCUT2D eigenvalue weighted by Crippen LogP contribution is 2.30. The van der Waals surface area contributed by atoms with Crippen molar-refractivity contribution in [2.75, 3.05) is 13.6 Å². The summed E-state index contributed by atoms with van der Waals surface area (Å²) < 4.78 is 1.05. The van der Waals surface area contributed by atoms with Gasteiger partial charge in [0.05, 0.1) is 5.60 Å². The number of likely N-dealkylation sites (N-methyl/N-ethyl adjacent to an activating group) is 1. The monoisotopic (exact) mass is 353 g/mol. The number of aliphatic hydroxyl groups is 1. The Morgan fingerprint density at radius 1 is 1.33 bits per heavy atom. The summed E-state index contributed by atoms with van der Waals surface area (Å²) >= 11 is 3.42. The minimum absolute atomic E-state index is 0.103. The second-order valence-electron chi connectivity index (χ2n) is 6.34. The Morgan fingerprint density at radius 2 is 1.90 bits per heavy atom. The predicted octanol–water partition coefficient (Wildman–Crippen LogP) is 3.71. The number of halogens is 1. The zero-order valence-corrected chi connectivity index (χ0v) is 14.4. The number of hydrogen-bond donors (Lipinski definition) is 1. The molecule has 0 aromatic heterocycles. The number of rotatable bonds is 5. The number of carbonyl (C=O) groups excluding carboxylic acids is 1. The minimum Gasteiger partial charge on any atom is -0.388 e. The van der Waals surface area contributed by atoms with Crippen molar-refractivity contribution >= 4 is 21.8 Å². The van der Waals surface area contributed by atoms with Gasteiger partial charge < -0.3 is 10.0 Å². The molecule has 1 amide bonds. The molecule has 116 valence electrons. The molecule has 4 heteroatoms. The van der Waals surface area contributed by atoms with Crippen LogP contribution in [-0.4, -0.2) is 35.1 Å². The van der Waals surface area contributed by atoms with Crippen LogP contribution in [0.15, 0.2) is 28.7 Å². The quantitative estimate of drug-likeness (QED) is 0.876. The van der Waals surface area contributed by atoms with Crippen molar-refractivity contribution in [1.82, 2.24) is 4.90 Å². The van der Waals surface area contributed by atoms with Crippen LogP contribution in [0.5, 0.6) is 0 Å². The Balaban J connectivity index is 1.89. The van der Waals surface area contributed by atoms with Crippen molar-refractivity contribution in [3.05, 3.63) is 34.3 Å². The van der Waals surface area contributed by atoms with Crippen molar-refractivity contribution < 1.29 is 9.90 Å². The Hall–Kier alpha value is -0.870. The van der Waals surface area contributed by atoms with Crippen molar-refractivity contribution in [3.63, 3.8) is 0 Å². The van der Waals surface area contributed by atoms with E-state index in [1.54, 1.807) is 11.9 Å². The SMILES string of the molecule is CC(CC(=O)N(C)CC1(O)CCCC1)c1ccc(Br)cc1. The summed E-state index contributed by atoms with van der Waals surface area (Å²) in [5, 5.41) is 10.4. The van der Waals surface area contributed by atoms with Gasteiger partial charge in [0.15, 0.2) is 0 Å². The molecule has 0 spiro atoms. The van der Waals surface area contributed by atoms with Crippen molar-refractivity contribution in [3.8, 4) is 0 Å². The van der Waals surface area contributed by atoms with Crippen LogP contribution in [-0.2, 0) is 4.79 Å². The normalized spacial score (nSPS) is 18.5. The maximum atomic E-state index is 12.3. The molecule has 1 aromatic rings. The van der Waals surface area contributed by atoms with Gasteiger partial charge >= 0.3 is 0 Å². The van der Waals surface area contributed by atoms with Crippen LogP contribution < -0.4 is 0 Å². The van der Waals surface area contributed by atoms with Crippen LogP contribution in [0.2, 0.25) is 0 Å². The lowest BCUT2D eigenvalue weighted by atomic mass is 9.96. The van der Waals surface area contributed by atoms with Gasteiger partial charge in [0, 0.05) is 24.5 Å². The highest BCUT2D eigenvalue weighted by atomic mass is 79.9. The van der Waals surface area contributed by atoms with Gasteiger partial charge in [0.25, 0.3) is 0 Å². The van der Waals surface area contributed by atoms with Gasteiger partial charge in [-0.3, -0.25) is 4.79 Å². The van der Waals surface area contributed by atoms with Crippen molar-refractivity contribution in [1.29, 1.82) is 0 Å². The Bertz CT molecular complexity index is 480.